The van der Waals surface area contributed by atoms with E-state index in [9.17, 15) is 4.79 Å². The second-order valence-electron chi connectivity index (χ2n) is 6.16. The first-order valence-electron chi connectivity index (χ1n) is 8.58. The number of methoxy groups -OCH3 is 1. The topological polar surface area (TPSA) is 69.5 Å². The Morgan fingerprint density at radius 1 is 1.32 bits per heavy atom. The number of amides is 1. The lowest BCUT2D eigenvalue weighted by Gasteiger charge is -2.16. The lowest BCUT2D eigenvalue weighted by Crippen LogP contribution is -2.30. The van der Waals surface area contributed by atoms with Crippen molar-refractivity contribution in [3.63, 3.8) is 0 Å². The molecule has 2 aromatic rings. The summed E-state index contributed by atoms with van der Waals surface area (Å²) in [6.07, 6.45) is 3.20. The van der Waals surface area contributed by atoms with Crippen molar-refractivity contribution in [3.05, 3.63) is 41.7 Å². The molecule has 134 valence electrons. The van der Waals surface area contributed by atoms with Gasteiger partial charge in [0.15, 0.2) is 0 Å². The standard InChI is InChI=1S/C18H24N4O3/c1-3-25-17-6-4-14(5-7-17)10-18(23)21-9-8-16(12-21)22-11-15(13-24-2)19-20-22/h4-7,11,16H,3,8-10,12-13H2,1-2H3/t16-/m1/s1. The minimum Gasteiger partial charge on any atom is -0.494 e. The quantitative estimate of drug-likeness (QED) is 0.766. The molecule has 1 aromatic carbocycles. The van der Waals surface area contributed by atoms with E-state index in [1.165, 1.54) is 0 Å². The van der Waals surface area contributed by atoms with Crippen LogP contribution in [0.3, 0.4) is 0 Å². The van der Waals surface area contributed by atoms with Crippen LogP contribution in [0.15, 0.2) is 30.5 Å². The highest BCUT2D eigenvalue weighted by atomic mass is 16.5. The van der Waals surface area contributed by atoms with Crippen LogP contribution in [0, 0.1) is 0 Å². The Morgan fingerprint density at radius 3 is 2.84 bits per heavy atom. The molecule has 7 nitrogen and oxygen atoms in total. The number of benzene rings is 1. The lowest BCUT2D eigenvalue weighted by atomic mass is 10.1. The smallest absolute Gasteiger partial charge is 0.227 e. The summed E-state index contributed by atoms with van der Waals surface area (Å²) in [5, 5.41) is 8.24. The van der Waals surface area contributed by atoms with Crippen LogP contribution in [0.1, 0.15) is 30.6 Å². The van der Waals surface area contributed by atoms with E-state index in [1.807, 2.05) is 47.0 Å². The third kappa shape index (κ3) is 4.36. The highest BCUT2D eigenvalue weighted by Gasteiger charge is 2.28. The molecule has 0 unspecified atom stereocenters. The molecule has 3 rings (SSSR count). The normalized spacial score (nSPS) is 17.0. The lowest BCUT2D eigenvalue weighted by molar-refractivity contribution is -0.129. The van der Waals surface area contributed by atoms with Crippen LogP contribution in [-0.4, -0.2) is 52.6 Å². The zero-order valence-electron chi connectivity index (χ0n) is 14.7. The van der Waals surface area contributed by atoms with Gasteiger partial charge in [-0.05, 0) is 31.0 Å². The van der Waals surface area contributed by atoms with Crippen LogP contribution in [-0.2, 0) is 22.6 Å². The number of carbonyl (C=O) groups excluding carboxylic acids is 1. The second-order valence-corrected chi connectivity index (χ2v) is 6.16. The predicted molar refractivity (Wildman–Crippen MR) is 92.3 cm³/mol. The number of aromatic nitrogens is 3. The Hall–Kier alpha value is -2.41. The molecule has 1 aliphatic rings. The van der Waals surface area contributed by atoms with Crippen molar-refractivity contribution in [2.24, 2.45) is 0 Å². The van der Waals surface area contributed by atoms with E-state index in [1.54, 1.807) is 7.11 Å². The second kappa shape index (κ2) is 8.11. The Bertz CT molecular complexity index is 699. The third-order valence-electron chi connectivity index (χ3n) is 4.33. The summed E-state index contributed by atoms with van der Waals surface area (Å²) >= 11 is 0. The van der Waals surface area contributed by atoms with E-state index in [-0.39, 0.29) is 11.9 Å². The maximum Gasteiger partial charge on any atom is 0.227 e. The van der Waals surface area contributed by atoms with E-state index >= 15 is 0 Å². The number of ether oxygens (including phenoxy) is 2. The van der Waals surface area contributed by atoms with Gasteiger partial charge in [0.05, 0.1) is 31.9 Å². The molecule has 0 saturated carbocycles. The fraction of sp³-hybridized carbons (Fsp3) is 0.500. The molecule has 1 aromatic heterocycles. The molecule has 25 heavy (non-hydrogen) atoms. The fourth-order valence-corrected chi connectivity index (χ4v) is 3.05. The van der Waals surface area contributed by atoms with E-state index in [0.717, 1.165) is 30.0 Å². The Balaban J connectivity index is 1.54. The fourth-order valence-electron chi connectivity index (χ4n) is 3.05. The summed E-state index contributed by atoms with van der Waals surface area (Å²) in [6, 6.07) is 7.90. The van der Waals surface area contributed by atoms with E-state index in [0.29, 0.717) is 26.2 Å². The number of carbonyl (C=O) groups is 1. The third-order valence-corrected chi connectivity index (χ3v) is 4.33. The molecule has 1 aliphatic heterocycles. The molecule has 1 amide bonds. The molecule has 1 atom stereocenters. The highest BCUT2D eigenvalue weighted by molar-refractivity contribution is 5.79. The van der Waals surface area contributed by atoms with Crippen LogP contribution in [0.5, 0.6) is 5.75 Å². The number of rotatable bonds is 7. The summed E-state index contributed by atoms with van der Waals surface area (Å²) in [5.74, 6) is 0.974. The maximum absolute atomic E-state index is 12.5. The predicted octanol–water partition coefficient (Wildman–Crippen LogP) is 1.84. The summed E-state index contributed by atoms with van der Waals surface area (Å²) in [4.78, 5) is 14.4. The number of hydrogen-bond acceptors (Lipinski definition) is 5. The van der Waals surface area contributed by atoms with Gasteiger partial charge in [-0.3, -0.25) is 4.79 Å². The molecular weight excluding hydrogens is 320 g/mol. The van der Waals surface area contributed by atoms with Gasteiger partial charge in [-0.2, -0.15) is 0 Å². The first-order valence-corrected chi connectivity index (χ1v) is 8.58. The van der Waals surface area contributed by atoms with Crippen molar-refractivity contribution >= 4 is 5.91 Å². The number of hydrogen-bond donors (Lipinski definition) is 0. The SMILES string of the molecule is CCOc1ccc(CC(=O)N2CC[C@@H](n3cc(COC)nn3)C2)cc1. The summed E-state index contributed by atoms with van der Waals surface area (Å²) in [6.45, 7) is 4.47. The van der Waals surface area contributed by atoms with Crippen molar-refractivity contribution in [1.82, 2.24) is 19.9 Å². The molecule has 1 fully saturated rings. The molecule has 0 spiro atoms. The van der Waals surface area contributed by atoms with Gasteiger partial charge in [0.2, 0.25) is 5.91 Å². The molecule has 0 radical (unpaired) electrons. The summed E-state index contributed by atoms with van der Waals surface area (Å²) < 4.78 is 12.3. The zero-order valence-corrected chi connectivity index (χ0v) is 14.7. The average Bonchev–Trinajstić information content (AvgIpc) is 3.26. The first-order chi connectivity index (χ1) is 12.2. The summed E-state index contributed by atoms with van der Waals surface area (Å²) in [7, 11) is 1.63. The van der Waals surface area contributed by atoms with Crippen LogP contribution >= 0.6 is 0 Å². The van der Waals surface area contributed by atoms with Crippen LogP contribution in [0.25, 0.3) is 0 Å². The number of nitrogens with zero attached hydrogens (tertiary/aromatic N) is 4. The van der Waals surface area contributed by atoms with Crippen molar-refractivity contribution in [3.8, 4) is 5.75 Å². The van der Waals surface area contributed by atoms with Crippen molar-refractivity contribution in [2.45, 2.75) is 32.4 Å². The van der Waals surface area contributed by atoms with Gasteiger partial charge < -0.3 is 14.4 Å². The molecule has 2 heterocycles. The average molecular weight is 344 g/mol. The van der Waals surface area contributed by atoms with Crippen LogP contribution < -0.4 is 4.74 Å². The van der Waals surface area contributed by atoms with Gasteiger partial charge in [-0.15, -0.1) is 5.10 Å². The minimum absolute atomic E-state index is 0.142. The molecule has 0 bridgehead atoms. The Morgan fingerprint density at radius 2 is 2.12 bits per heavy atom. The largest absolute Gasteiger partial charge is 0.494 e. The highest BCUT2D eigenvalue weighted by Crippen LogP contribution is 2.22. The monoisotopic (exact) mass is 344 g/mol. The zero-order chi connectivity index (χ0) is 17.6. The van der Waals surface area contributed by atoms with Gasteiger partial charge in [-0.25, -0.2) is 4.68 Å². The van der Waals surface area contributed by atoms with Gasteiger partial charge in [0, 0.05) is 20.2 Å². The van der Waals surface area contributed by atoms with Crippen molar-refractivity contribution in [1.29, 1.82) is 0 Å². The van der Waals surface area contributed by atoms with Crippen molar-refractivity contribution < 1.29 is 14.3 Å². The van der Waals surface area contributed by atoms with E-state index in [4.69, 9.17) is 9.47 Å². The molecular formula is C18H24N4O3. The van der Waals surface area contributed by atoms with Crippen molar-refractivity contribution in [2.75, 3.05) is 26.8 Å². The molecule has 0 N–H and O–H groups in total. The van der Waals surface area contributed by atoms with Crippen LogP contribution in [0.4, 0.5) is 0 Å². The molecule has 0 aliphatic carbocycles. The molecule has 1 saturated heterocycles. The minimum atomic E-state index is 0.142. The van der Waals surface area contributed by atoms with Gasteiger partial charge in [0.1, 0.15) is 11.4 Å². The van der Waals surface area contributed by atoms with Gasteiger partial charge in [-0.1, -0.05) is 17.3 Å². The van der Waals surface area contributed by atoms with Crippen LogP contribution in [0.2, 0.25) is 0 Å². The van der Waals surface area contributed by atoms with E-state index < -0.39 is 0 Å². The first kappa shape index (κ1) is 17.4. The maximum atomic E-state index is 12.5. The van der Waals surface area contributed by atoms with Gasteiger partial charge in [0.25, 0.3) is 0 Å². The van der Waals surface area contributed by atoms with Gasteiger partial charge >= 0.3 is 0 Å². The summed E-state index contributed by atoms with van der Waals surface area (Å²) in [5.41, 5.74) is 1.81. The Labute approximate surface area is 147 Å². The number of likely N-dealkylation sites (tertiary alicyclic amines) is 1. The Kier molecular flexibility index (Phi) is 5.65. The molecule has 7 heteroatoms. The van der Waals surface area contributed by atoms with E-state index in [2.05, 4.69) is 10.3 Å².